The number of hydrogen-bond acceptors (Lipinski definition) is 2. The summed E-state index contributed by atoms with van der Waals surface area (Å²) in [5, 5.41) is 6.37. The second-order valence-corrected chi connectivity index (χ2v) is 5.64. The molecule has 0 spiro atoms. The molecule has 18 heavy (non-hydrogen) atoms. The number of rotatable bonds is 2. The van der Waals surface area contributed by atoms with Crippen LogP contribution in [0.25, 0.3) is 0 Å². The van der Waals surface area contributed by atoms with Crippen LogP contribution in [0, 0.1) is 10.5 Å². The Morgan fingerprint density at radius 2 is 2.28 bits per heavy atom. The minimum atomic E-state index is 0. The molecular formula is C13H18ClIN2O. The number of carbonyl (C=O) groups excluding carboxylic acids is 1. The summed E-state index contributed by atoms with van der Waals surface area (Å²) in [4.78, 5) is 12.0. The third-order valence-corrected chi connectivity index (χ3v) is 4.23. The second-order valence-electron chi connectivity index (χ2n) is 4.48. The largest absolute Gasteiger partial charge is 0.348 e. The number of piperidine rings is 1. The van der Waals surface area contributed by atoms with Crippen LogP contribution >= 0.6 is 35.0 Å². The first-order chi connectivity index (χ1) is 8.16. The van der Waals surface area contributed by atoms with E-state index in [0.29, 0.717) is 0 Å². The minimum absolute atomic E-state index is 0. The number of halogens is 2. The van der Waals surface area contributed by atoms with Crippen molar-refractivity contribution in [2.75, 3.05) is 13.1 Å². The molecular weight excluding hydrogens is 363 g/mol. The molecule has 0 aliphatic carbocycles. The first-order valence-electron chi connectivity index (χ1n) is 5.94. The van der Waals surface area contributed by atoms with E-state index in [2.05, 4.69) is 40.1 Å². The van der Waals surface area contributed by atoms with Crippen LogP contribution in [0.2, 0.25) is 0 Å². The van der Waals surface area contributed by atoms with Crippen molar-refractivity contribution in [3.8, 4) is 0 Å². The maximum absolute atomic E-state index is 12.0. The highest BCUT2D eigenvalue weighted by atomic mass is 127. The predicted octanol–water partition coefficient (Wildman–Crippen LogP) is 2.50. The van der Waals surface area contributed by atoms with Gasteiger partial charge in [-0.1, -0.05) is 6.07 Å². The summed E-state index contributed by atoms with van der Waals surface area (Å²) in [7, 11) is 0. The van der Waals surface area contributed by atoms with Gasteiger partial charge in [0.05, 0.1) is 0 Å². The summed E-state index contributed by atoms with van der Waals surface area (Å²) in [5.74, 6) is 0.0385. The fourth-order valence-electron chi connectivity index (χ4n) is 1.98. The summed E-state index contributed by atoms with van der Waals surface area (Å²) in [6.07, 6.45) is 2.21. The summed E-state index contributed by atoms with van der Waals surface area (Å²) in [5.41, 5.74) is 1.96. The topological polar surface area (TPSA) is 41.1 Å². The Bertz CT molecular complexity index is 419. The van der Waals surface area contributed by atoms with Gasteiger partial charge in [0.25, 0.3) is 5.91 Å². The van der Waals surface area contributed by atoms with Gasteiger partial charge in [-0.25, -0.2) is 0 Å². The number of aryl methyl sites for hydroxylation is 1. The van der Waals surface area contributed by atoms with Gasteiger partial charge in [-0.2, -0.15) is 0 Å². The number of benzene rings is 1. The molecule has 1 heterocycles. The van der Waals surface area contributed by atoms with Crippen LogP contribution < -0.4 is 10.6 Å². The molecule has 1 aliphatic heterocycles. The van der Waals surface area contributed by atoms with E-state index in [-0.39, 0.29) is 24.4 Å². The Morgan fingerprint density at radius 1 is 1.50 bits per heavy atom. The van der Waals surface area contributed by atoms with Crippen LogP contribution in [0.5, 0.6) is 0 Å². The van der Waals surface area contributed by atoms with E-state index >= 15 is 0 Å². The standard InChI is InChI=1S/C13H17IN2O.ClH/c1-9-4-5-10(7-12(9)14)13(17)16-11-3-2-6-15-8-11;/h4-5,7,11,15H,2-3,6,8H2,1H3,(H,16,17);1H/t11-;/m0./s1. The van der Waals surface area contributed by atoms with Crippen molar-refractivity contribution >= 4 is 40.9 Å². The molecule has 1 aromatic rings. The SMILES string of the molecule is Cc1ccc(C(=O)N[C@H]2CCCNC2)cc1I.Cl. The highest BCUT2D eigenvalue weighted by Gasteiger charge is 2.16. The molecule has 1 saturated heterocycles. The van der Waals surface area contributed by atoms with Gasteiger partial charge in [0.15, 0.2) is 0 Å². The molecule has 0 saturated carbocycles. The average molecular weight is 381 g/mol. The minimum Gasteiger partial charge on any atom is -0.348 e. The zero-order chi connectivity index (χ0) is 12.3. The van der Waals surface area contributed by atoms with Crippen LogP contribution in [0.15, 0.2) is 18.2 Å². The first-order valence-corrected chi connectivity index (χ1v) is 7.02. The van der Waals surface area contributed by atoms with E-state index < -0.39 is 0 Å². The molecule has 5 heteroatoms. The van der Waals surface area contributed by atoms with E-state index in [4.69, 9.17) is 0 Å². The van der Waals surface area contributed by atoms with Crippen molar-refractivity contribution in [3.63, 3.8) is 0 Å². The molecule has 3 nitrogen and oxygen atoms in total. The maximum atomic E-state index is 12.0. The van der Waals surface area contributed by atoms with Crippen LogP contribution in [-0.4, -0.2) is 25.0 Å². The predicted molar refractivity (Wildman–Crippen MR) is 84.5 cm³/mol. The number of hydrogen-bond donors (Lipinski definition) is 2. The molecule has 0 aromatic heterocycles. The zero-order valence-electron chi connectivity index (χ0n) is 10.3. The van der Waals surface area contributed by atoms with Crippen LogP contribution in [-0.2, 0) is 0 Å². The fourth-order valence-corrected chi connectivity index (χ4v) is 2.49. The molecule has 0 bridgehead atoms. The van der Waals surface area contributed by atoms with Gasteiger partial charge in [-0.15, -0.1) is 12.4 Å². The third-order valence-electron chi connectivity index (χ3n) is 3.07. The highest BCUT2D eigenvalue weighted by Crippen LogP contribution is 2.14. The molecule has 1 aromatic carbocycles. The van der Waals surface area contributed by atoms with E-state index in [9.17, 15) is 4.79 Å². The van der Waals surface area contributed by atoms with Crippen molar-refractivity contribution in [1.29, 1.82) is 0 Å². The zero-order valence-corrected chi connectivity index (χ0v) is 13.3. The van der Waals surface area contributed by atoms with E-state index in [1.165, 1.54) is 5.56 Å². The Kier molecular flexibility index (Phi) is 6.38. The van der Waals surface area contributed by atoms with E-state index in [0.717, 1.165) is 35.1 Å². The first kappa shape index (κ1) is 15.7. The Hall–Kier alpha value is -0.330. The molecule has 0 unspecified atom stereocenters. The Morgan fingerprint density at radius 3 is 2.89 bits per heavy atom. The van der Waals surface area contributed by atoms with Crippen molar-refractivity contribution in [3.05, 3.63) is 32.9 Å². The van der Waals surface area contributed by atoms with Crippen molar-refractivity contribution in [2.45, 2.75) is 25.8 Å². The number of amides is 1. The van der Waals surface area contributed by atoms with Gasteiger partial charge in [0, 0.05) is 21.7 Å². The van der Waals surface area contributed by atoms with Crippen molar-refractivity contribution in [1.82, 2.24) is 10.6 Å². The van der Waals surface area contributed by atoms with E-state index in [1.54, 1.807) is 0 Å². The second kappa shape index (κ2) is 7.31. The van der Waals surface area contributed by atoms with Gasteiger partial charge in [0.1, 0.15) is 0 Å². The maximum Gasteiger partial charge on any atom is 0.251 e. The molecule has 0 radical (unpaired) electrons. The lowest BCUT2D eigenvalue weighted by Crippen LogP contribution is -2.45. The fraction of sp³-hybridized carbons (Fsp3) is 0.462. The molecule has 1 atom stereocenters. The Balaban J connectivity index is 0.00000162. The molecule has 1 aliphatic rings. The molecule has 2 N–H and O–H groups in total. The van der Waals surface area contributed by atoms with Gasteiger partial charge in [-0.05, 0) is 66.6 Å². The summed E-state index contributed by atoms with van der Waals surface area (Å²) in [6, 6.07) is 6.11. The normalized spacial score (nSPS) is 18.9. The lowest BCUT2D eigenvalue weighted by molar-refractivity contribution is 0.0930. The number of nitrogens with one attached hydrogen (secondary N) is 2. The van der Waals surface area contributed by atoms with Gasteiger partial charge < -0.3 is 10.6 Å². The van der Waals surface area contributed by atoms with Crippen LogP contribution in [0.4, 0.5) is 0 Å². The van der Waals surface area contributed by atoms with Crippen LogP contribution in [0.3, 0.4) is 0 Å². The number of carbonyl (C=O) groups is 1. The monoisotopic (exact) mass is 380 g/mol. The lowest BCUT2D eigenvalue weighted by atomic mass is 10.1. The van der Waals surface area contributed by atoms with Gasteiger partial charge in [0.2, 0.25) is 0 Å². The molecule has 2 rings (SSSR count). The lowest BCUT2D eigenvalue weighted by Gasteiger charge is -2.23. The van der Waals surface area contributed by atoms with E-state index in [1.807, 2.05) is 18.2 Å². The molecule has 100 valence electrons. The molecule has 1 fully saturated rings. The van der Waals surface area contributed by atoms with Gasteiger partial charge in [-0.3, -0.25) is 4.79 Å². The molecule has 1 amide bonds. The quantitative estimate of drug-likeness (QED) is 0.774. The third kappa shape index (κ3) is 4.10. The highest BCUT2D eigenvalue weighted by molar-refractivity contribution is 14.1. The summed E-state index contributed by atoms with van der Waals surface area (Å²) >= 11 is 2.26. The summed E-state index contributed by atoms with van der Waals surface area (Å²) < 4.78 is 1.14. The Labute approximate surface area is 128 Å². The van der Waals surface area contributed by atoms with Crippen molar-refractivity contribution in [2.24, 2.45) is 0 Å². The summed E-state index contributed by atoms with van der Waals surface area (Å²) in [6.45, 7) is 4.00. The smallest absolute Gasteiger partial charge is 0.251 e. The van der Waals surface area contributed by atoms with Crippen LogP contribution in [0.1, 0.15) is 28.8 Å². The average Bonchev–Trinajstić information content (AvgIpc) is 2.34. The van der Waals surface area contributed by atoms with Crippen molar-refractivity contribution < 1.29 is 4.79 Å². The van der Waals surface area contributed by atoms with Gasteiger partial charge >= 0.3 is 0 Å².